The quantitative estimate of drug-likeness (QED) is 0.370. The molecule has 0 heterocycles. The van der Waals surface area contributed by atoms with Gasteiger partial charge >= 0.3 is 5.97 Å². The van der Waals surface area contributed by atoms with Crippen molar-refractivity contribution < 1.29 is 25.2 Å². The van der Waals surface area contributed by atoms with Gasteiger partial charge in [0.2, 0.25) is 0 Å². The smallest absolute Gasteiger partial charge is 0.303 e. The van der Waals surface area contributed by atoms with Crippen LogP contribution in [-0.2, 0) is 4.79 Å². The van der Waals surface area contributed by atoms with Gasteiger partial charge in [-0.1, -0.05) is 38.5 Å². The molecule has 0 rings (SSSR count). The van der Waals surface area contributed by atoms with Crippen molar-refractivity contribution in [1.29, 1.82) is 0 Å². The SMILES string of the molecule is CC(O)CCCCCC(O)C(O)CCCCCCC(=O)O. The lowest BCUT2D eigenvalue weighted by atomic mass is 10.00. The van der Waals surface area contributed by atoms with Gasteiger partial charge in [0, 0.05) is 6.42 Å². The van der Waals surface area contributed by atoms with Crippen LogP contribution in [0.4, 0.5) is 0 Å². The average molecular weight is 304 g/mol. The summed E-state index contributed by atoms with van der Waals surface area (Å²) in [7, 11) is 0. The van der Waals surface area contributed by atoms with Crippen molar-refractivity contribution in [2.45, 2.75) is 95.9 Å². The number of aliphatic hydroxyl groups excluding tert-OH is 3. The zero-order valence-corrected chi connectivity index (χ0v) is 13.2. The van der Waals surface area contributed by atoms with Crippen molar-refractivity contribution in [3.63, 3.8) is 0 Å². The minimum atomic E-state index is -0.763. The van der Waals surface area contributed by atoms with Gasteiger partial charge in [-0.15, -0.1) is 0 Å². The fraction of sp³-hybridized carbons (Fsp3) is 0.938. The van der Waals surface area contributed by atoms with Crippen LogP contribution in [0, 0.1) is 0 Å². The molecule has 3 atom stereocenters. The van der Waals surface area contributed by atoms with Crippen LogP contribution in [-0.4, -0.2) is 44.7 Å². The van der Waals surface area contributed by atoms with E-state index in [4.69, 9.17) is 10.2 Å². The first kappa shape index (κ1) is 20.3. The van der Waals surface area contributed by atoms with E-state index in [-0.39, 0.29) is 12.5 Å². The van der Waals surface area contributed by atoms with Crippen LogP contribution < -0.4 is 0 Å². The number of rotatable bonds is 14. The third-order valence-corrected chi connectivity index (χ3v) is 3.71. The predicted octanol–water partition coefficient (Wildman–Crippen LogP) is 2.46. The molecule has 0 bridgehead atoms. The van der Waals surface area contributed by atoms with E-state index in [0.29, 0.717) is 19.3 Å². The fourth-order valence-electron chi connectivity index (χ4n) is 2.34. The lowest BCUT2D eigenvalue weighted by Crippen LogP contribution is -2.25. The topological polar surface area (TPSA) is 98.0 Å². The summed E-state index contributed by atoms with van der Waals surface area (Å²) in [6, 6.07) is 0. The van der Waals surface area contributed by atoms with Gasteiger partial charge in [0.1, 0.15) is 0 Å². The summed E-state index contributed by atoms with van der Waals surface area (Å²) in [6.07, 6.45) is 6.57. The Balaban J connectivity index is 3.44. The molecule has 3 unspecified atom stereocenters. The van der Waals surface area contributed by atoms with Gasteiger partial charge in [0.25, 0.3) is 0 Å². The molecule has 0 fully saturated rings. The fourth-order valence-corrected chi connectivity index (χ4v) is 2.34. The van der Waals surface area contributed by atoms with Gasteiger partial charge in [-0.2, -0.15) is 0 Å². The standard InChI is InChI=1S/C16H32O5/c1-13(17)9-5-4-7-11-15(19)14(18)10-6-2-3-8-12-16(20)21/h13-15,17-19H,2-12H2,1H3,(H,20,21). The second-order valence-corrected chi connectivity index (χ2v) is 5.97. The Kier molecular flexibility index (Phi) is 12.6. The summed E-state index contributed by atoms with van der Waals surface area (Å²) >= 11 is 0. The summed E-state index contributed by atoms with van der Waals surface area (Å²) in [5.41, 5.74) is 0. The first-order chi connectivity index (χ1) is 9.93. The molecule has 0 aliphatic rings. The highest BCUT2D eigenvalue weighted by Crippen LogP contribution is 2.14. The Morgan fingerprint density at radius 1 is 0.762 bits per heavy atom. The van der Waals surface area contributed by atoms with E-state index < -0.39 is 18.2 Å². The average Bonchev–Trinajstić information content (AvgIpc) is 2.41. The second kappa shape index (κ2) is 13.0. The molecule has 5 heteroatoms. The molecule has 4 N–H and O–H groups in total. The lowest BCUT2D eigenvalue weighted by molar-refractivity contribution is -0.137. The van der Waals surface area contributed by atoms with E-state index in [9.17, 15) is 15.0 Å². The first-order valence-electron chi connectivity index (χ1n) is 8.19. The largest absolute Gasteiger partial charge is 0.481 e. The van der Waals surface area contributed by atoms with Crippen molar-refractivity contribution in [2.24, 2.45) is 0 Å². The van der Waals surface area contributed by atoms with Crippen molar-refractivity contribution in [3.05, 3.63) is 0 Å². The summed E-state index contributed by atoms with van der Waals surface area (Å²) in [6.45, 7) is 1.77. The molecule has 0 aromatic heterocycles. The highest BCUT2D eigenvalue weighted by atomic mass is 16.4. The first-order valence-corrected chi connectivity index (χ1v) is 8.19. The molecule has 0 aliphatic carbocycles. The van der Waals surface area contributed by atoms with Crippen LogP contribution in [0.2, 0.25) is 0 Å². The van der Waals surface area contributed by atoms with Crippen LogP contribution in [0.3, 0.4) is 0 Å². The van der Waals surface area contributed by atoms with Crippen LogP contribution in [0.25, 0.3) is 0 Å². The molecule has 0 saturated heterocycles. The molecule has 0 aliphatic heterocycles. The number of aliphatic carboxylic acids is 1. The predicted molar refractivity (Wildman–Crippen MR) is 82.1 cm³/mol. The van der Waals surface area contributed by atoms with E-state index in [1.807, 2.05) is 0 Å². The van der Waals surface area contributed by atoms with Gasteiger partial charge in [-0.05, 0) is 32.6 Å². The maximum atomic E-state index is 10.3. The Morgan fingerprint density at radius 2 is 1.19 bits per heavy atom. The van der Waals surface area contributed by atoms with Crippen LogP contribution in [0.5, 0.6) is 0 Å². The van der Waals surface area contributed by atoms with Crippen LogP contribution in [0.15, 0.2) is 0 Å². The molecule has 0 amide bonds. The summed E-state index contributed by atoms with van der Waals surface area (Å²) in [4.78, 5) is 10.3. The number of unbranched alkanes of at least 4 members (excludes halogenated alkanes) is 5. The van der Waals surface area contributed by atoms with Gasteiger partial charge in [-0.25, -0.2) is 0 Å². The van der Waals surface area contributed by atoms with Crippen molar-refractivity contribution in [3.8, 4) is 0 Å². The highest BCUT2D eigenvalue weighted by Gasteiger charge is 2.15. The molecule has 0 aromatic carbocycles. The molecular formula is C16H32O5. The van der Waals surface area contributed by atoms with E-state index in [1.165, 1.54) is 0 Å². The Labute approximate surface area is 128 Å². The Hall–Kier alpha value is -0.650. The molecule has 21 heavy (non-hydrogen) atoms. The minimum Gasteiger partial charge on any atom is -0.481 e. The molecule has 0 aromatic rings. The Bertz CT molecular complexity index is 255. The van der Waals surface area contributed by atoms with Crippen molar-refractivity contribution >= 4 is 5.97 Å². The van der Waals surface area contributed by atoms with E-state index in [2.05, 4.69) is 0 Å². The molecular weight excluding hydrogens is 272 g/mol. The van der Waals surface area contributed by atoms with Gasteiger partial charge in [-0.3, -0.25) is 4.79 Å². The van der Waals surface area contributed by atoms with E-state index in [1.54, 1.807) is 6.92 Å². The molecule has 0 saturated carbocycles. The molecule has 5 nitrogen and oxygen atoms in total. The number of carboxylic acid groups (broad SMARTS) is 1. The number of carboxylic acids is 1. The monoisotopic (exact) mass is 304 g/mol. The van der Waals surface area contributed by atoms with Crippen molar-refractivity contribution in [1.82, 2.24) is 0 Å². The van der Waals surface area contributed by atoms with Gasteiger partial charge < -0.3 is 20.4 Å². The second-order valence-electron chi connectivity index (χ2n) is 5.97. The van der Waals surface area contributed by atoms with E-state index in [0.717, 1.165) is 44.9 Å². The third kappa shape index (κ3) is 14.1. The summed E-state index contributed by atoms with van der Waals surface area (Å²) < 4.78 is 0. The maximum Gasteiger partial charge on any atom is 0.303 e. The van der Waals surface area contributed by atoms with Gasteiger partial charge in [0.05, 0.1) is 18.3 Å². The zero-order valence-electron chi connectivity index (χ0n) is 13.2. The number of aliphatic hydroxyl groups is 3. The number of hydrogen-bond acceptors (Lipinski definition) is 4. The molecule has 126 valence electrons. The van der Waals surface area contributed by atoms with Crippen molar-refractivity contribution in [2.75, 3.05) is 0 Å². The number of hydrogen-bond donors (Lipinski definition) is 4. The van der Waals surface area contributed by atoms with Gasteiger partial charge in [0.15, 0.2) is 0 Å². The summed E-state index contributed by atoms with van der Waals surface area (Å²) in [5.74, 6) is -0.763. The Morgan fingerprint density at radius 3 is 1.67 bits per heavy atom. The molecule has 0 spiro atoms. The molecule has 0 radical (unpaired) electrons. The maximum absolute atomic E-state index is 10.3. The summed E-state index contributed by atoms with van der Waals surface area (Å²) in [5, 5.41) is 37.3. The normalized spacial score (nSPS) is 15.6. The van der Waals surface area contributed by atoms with Crippen LogP contribution >= 0.6 is 0 Å². The number of carbonyl (C=O) groups is 1. The zero-order chi connectivity index (χ0) is 16.1. The van der Waals surface area contributed by atoms with Crippen LogP contribution in [0.1, 0.15) is 77.6 Å². The van der Waals surface area contributed by atoms with E-state index >= 15 is 0 Å². The lowest BCUT2D eigenvalue weighted by Gasteiger charge is -2.17. The minimum absolute atomic E-state index is 0.206. The third-order valence-electron chi connectivity index (χ3n) is 3.71. The highest BCUT2D eigenvalue weighted by molar-refractivity contribution is 5.66.